The highest BCUT2D eigenvalue weighted by Gasteiger charge is 2.35. The van der Waals surface area contributed by atoms with E-state index < -0.39 is 54.4 Å². The molecule has 8 nitrogen and oxygen atoms in total. The molecule has 0 bridgehead atoms. The molecule has 0 unspecified atom stereocenters. The van der Waals surface area contributed by atoms with Crippen LogP contribution in [0.5, 0.6) is 0 Å². The topological polar surface area (TPSA) is 128 Å². The van der Waals surface area contributed by atoms with Crippen molar-refractivity contribution in [2.45, 2.75) is 21.3 Å². The fourth-order valence-electron chi connectivity index (χ4n) is 5.71. The molecule has 5 aromatic carbocycles. The number of carbonyl (C=O) groups is 2. The second-order valence-corrected chi connectivity index (χ2v) is 15.6. The van der Waals surface area contributed by atoms with Crippen LogP contribution < -0.4 is 0 Å². The van der Waals surface area contributed by atoms with Crippen LogP contribution in [0.3, 0.4) is 0 Å². The van der Waals surface area contributed by atoms with E-state index in [0.29, 0.717) is 22.3 Å². The van der Waals surface area contributed by atoms with Crippen LogP contribution in [0.2, 0.25) is 0 Å². The Morgan fingerprint density at radius 3 is 1.06 bits per heavy atom. The molecular weight excluding hydrogens is 683 g/mol. The van der Waals surface area contributed by atoms with Crippen molar-refractivity contribution in [2.24, 2.45) is 0 Å². The number of sulfone groups is 2. The average molecular weight is 707 g/mol. The van der Waals surface area contributed by atoms with Crippen LogP contribution >= 0.6 is 0 Å². The molecule has 1 heterocycles. The van der Waals surface area contributed by atoms with Crippen molar-refractivity contribution < 1.29 is 35.2 Å². The smallest absolute Gasteiger partial charge is 0.214 e. The number of hydrogen-bond donors (Lipinski definition) is 0. The van der Waals surface area contributed by atoms with Crippen LogP contribution in [0, 0.1) is 11.6 Å². The van der Waals surface area contributed by atoms with Gasteiger partial charge in [0.25, 0.3) is 0 Å². The number of ketones is 2. The monoisotopic (exact) mass is 706 g/mol. The molecule has 248 valence electrons. The predicted octanol–water partition coefficient (Wildman–Crippen LogP) is 6.81. The van der Waals surface area contributed by atoms with Crippen LogP contribution in [0.15, 0.2) is 131 Å². The van der Waals surface area contributed by atoms with E-state index in [9.17, 15) is 35.2 Å². The highest BCUT2D eigenvalue weighted by atomic mass is 32.2. The standard InChI is InChI=1S/C38H24F2N2O6S2/c39-27-13-5-23(6-14-27)25-9-17-29(18-10-25)49(45,46)21-33-34(42-36-35(41-33)37(43)31-3-1-2-4-32(31)38(36)44)22-50(47,48)30-19-11-26(12-20-30)24-7-15-28(40)16-8-24/h1-20H,21-22H2. The molecule has 0 aliphatic heterocycles. The molecule has 0 amide bonds. The average Bonchev–Trinajstić information content (AvgIpc) is 3.12. The molecule has 0 saturated heterocycles. The largest absolute Gasteiger partial charge is 0.287 e. The number of hydrogen-bond acceptors (Lipinski definition) is 8. The molecule has 0 saturated carbocycles. The summed E-state index contributed by atoms with van der Waals surface area (Å²) in [7, 11) is -8.40. The van der Waals surface area contributed by atoms with Gasteiger partial charge in [0, 0.05) is 11.1 Å². The third-order valence-electron chi connectivity index (χ3n) is 8.33. The van der Waals surface area contributed by atoms with Crippen LogP contribution in [0.1, 0.15) is 43.5 Å². The maximum absolute atomic E-state index is 13.7. The zero-order valence-corrected chi connectivity index (χ0v) is 27.5. The zero-order chi connectivity index (χ0) is 35.2. The highest BCUT2D eigenvalue weighted by Crippen LogP contribution is 2.30. The van der Waals surface area contributed by atoms with E-state index in [1.165, 1.54) is 60.7 Å². The van der Waals surface area contributed by atoms with Crippen LogP contribution in [-0.4, -0.2) is 38.4 Å². The van der Waals surface area contributed by atoms with Gasteiger partial charge < -0.3 is 0 Å². The lowest BCUT2D eigenvalue weighted by Gasteiger charge is -2.19. The van der Waals surface area contributed by atoms with Gasteiger partial charge in [0.2, 0.25) is 11.6 Å². The maximum Gasteiger partial charge on any atom is 0.214 e. The van der Waals surface area contributed by atoms with Gasteiger partial charge in [0.05, 0.1) is 32.7 Å². The number of rotatable bonds is 8. The zero-order valence-electron chi connectivity index (χ0n) is 25.9. The van der Waals surface area contributed by atoms with E-state index in [1.54, 1.807) is 60.7 Å². The van der Waals surface area contributed by atoms with Gasteiger partial charge in [-0.1, -0.05) is 72.8 Å². The van der Waals surface area contributed by atoms with Crippen molar-refractivity contribution >= 4 is 31.2 Å². The van der Waals surface area contributed by atoms with Crippen molar-refractivity contribution in [1.29, 1.82) is 0 Å². The molecule has 50 heavy (non-hydrogen) atoms. The summed E-state index contributed by atoms with van der Waals surface area (Å²) in [6, 6.07) is 29.1. The second-order valence-electron chi connectivity index (χ2n) is 11.6. The Bertz CT molecular complexity index is 2360. The number of halogens is 2. The Labute approximate surface area is 286 Å². The number of benzene rings is 5. The van der Waals surface area contributed by atoms with Crippen molar-refractivity contribution in [3.05, 3.63) is 167 Å². The molecule has 0 atom stereocenters. The van der Waals surface area contributed by atoms with E-state index in [2.05, 4.69) is 9.97 Å². The number of nitrogens with zero attached hydrogens (tertiary/aromatic N) is 2. The van der Waals surface area contributed by atoms with Crippen LogP contribution in [-0.2, 0) is 31.2 Å². The second kappa shape index (κ2) is 12.6. The molecule has 0 fully saturated rings. The van der Waals surface area contributed by atoms with Crippen molar-refractivity contribution in [1.82, 2.24) is 9.97 Å². The first-order valence-electron chi connectivity index (χ1n) is 15.2. The van der Waals surface area contributed by atoms with Gasteiger partial charge in [0.1, 0.15) is 23.0 Å². The lowest BCUT2D eigenvalue weighted by Crippen LogP contribution is -2.27. The van der Waals surface area contributed by atoms with E-state index in [4.69, 9.17) is 0 Å². The first kappa shape index (κ1) is 32.8. The molecule has 0 radical (unpaired) electrons. The summed E-state index contributed by atoms with van der Waals surface area (Å²) in [6.45, 7) is 0. The van der Waals surface area contributed by atoms with Crippen molar-refractivity contribution in [3.8, 4) is 22.3 Å². The Morgan fingerprint density at radius 2 is 0.740 bits per heavy atom. The summed E-state index contributed by atoms with van der Waals surface area (Å²) >= 11 is 0. The summed E-state index contributed by atoms with van der Waals surface area (Å²) in [6.07, 6.45) is 0. The Kier molecular flexibility index (Phi) is 8.28. The summed E-state index contributed by atoms with van der Waals surface area (Å²) < 4.78 is 81.8. The minimum absolute atomic E-state index is 0.0751. The Morgan fingerprint density at radius 1 is 0.440 bits per heavy atom. The van der Waals surface area contributed by atoms with Crippen LogP contribution in [0.25, 0.3) is 22.3 Å². The highest BCUT2D eigenvalue weighted by molar-refractivity contribution is 7.91. The fourth-order valence-corrected chi connectivity index (χ4v) is 8.32. The van der Waals surface area contributed by atoms with Gasteiger partial charge in [-0.05, 0) is 70.8 Å². The maximum atomic E-state index is 13.7. The van der Waals surface area contributed by atoms with Gasteiger partial charge >= 0.3 is 0 Å². The van der Waals surface area contributed by atoms with Gasteiger partial charge in [-0.25, -0.2) is 35.6 Å². The molecule has 7 rings (SSSR count). The van der Waals surface area contributed by atoms with E-state index in [-0.39, 0.29) is 43.7 Å². The quantitative estimate of drug-likeness (QED) is 0.169. The Hall–Kier alpha value is -5.72. The van der Waals surface area contributed by atoms with Gasteiger partial charge in [-0.15, -0.1) is 0 Å². The molecule has 1 aliphatic carbocycles. The normalized spacial score (nSPS) is 12.8. The predicted molar refractivity (Wildman–Crippen MR) is 181 cm³/mol. The molecular formula is C38H24F2N2O6S2. The fraction of sp³-hybridized carbons (Fsp3) is 0.0526. The minimum atomic E-state index is -4.20. The van der Waals surface area contributed by atoms with Crippen molar-refractivity contribution in [2.75, 3.05) is 0 Å². The molecule has 0 spiro atoms. The lowest BCUT2D eigenvalue weighted by atomic mass is 9.89. The first-order chi connectivity index (χ1) is 23.9. The van der Waals surface area contributed by atoms with E-state index in [0.717, 1.165) is 0 Å². The first-order valence-corrected chi connectivity index (χ1v) is 18.5. The SMILES string of the molecule is O=C1c2ccccc2C(=O)c2nc(CS(=O)(=O)c3ccc(-c4ccc(F)cc4)cc3)c(CS(=O)(=O)c3ccc(-c4ccc(F)cc4)cc3)nc21. The summed E-state index contributed by atoms with van der Waals surface area (Å²) in [5.41, 5.74) is 1.44. The van der Waals surface area contributed by atoms with Gasteiger partial charge in [0.15, 0.2) is 19.7 Å². The molecule has 12 heteroatoms. The molecule has 1 aromatic heterocycles. The third kappa shape index (κ3) is 6.26. The third-order valence-corrected chi connectivity index (χ3v) is 11.6. The van der Waals surface area contributed by atoms with E-state index in [1.807, 2.05) is 0 Å². The summed E-state index contributed by atoms with van der Waals surface area (Å²) in [5.74, 6) is -3.75. The summed E-state index contributed by atoms with van der Waals surface area (Å²) in [4.78, 5) is 35.3. The van der Waals surface area contributed by atoms with Gasteiger partial charge in [-0.3, -0.25) is 9.59 Å². The molecule has 6 aromatic rings. The number of fused-ring (bicyclic) bond motifs is 2. The lowest BCUT2D eigenvalue weighted by molar-refractivity contribution is 0.0971. The molecule has 1 aliphatic rings. The Balaban J connectivity index is 1.26. The number of carbonyl (C=O) groups excluding carboxylic acids is 2. The molecule has 0 N–H and O–H groups in total. The number of aromatic nitrogens is 2. The minimum Gasteiger partial charge on any atom is -0.287 e. The van der Waals surface area contributed by atoms with Crippen LogP contribution in [0.4, 0.5) is 8.78 Å². The van der Waals surface area contributed by atoms with Gasteiger partial charge in [-0.2, -0.15) is 0 Å². The summed E-state index contributed by atoms with van der Waals surface area (Å²) in [5, 5.41) is 0. The van der Waals surface area contributed by atoms with E-state index >= 15 is 0 Å². The van der Waals surface area contributed by atoms with Crippen molar-refractivity contribution in [3.63, 3.8) is 0 Å².